The van der Waals surface area contributed by atoms with Gasteiger partial charge in [0.15, 0.2) is 0 Å². The molecule has 1 fully saturated rings. The third kappa shape index (κ3) is 2.13. The van der Waals surface area contributed by atoms with E-state index in [0.29, 0.717) is 0 Å². The number of nitrogens with zero attached hydrogens (tertiary/aromatic N) is 2. The molecule has 0 aliphatic carbocycles. The fraction of sp³-hybridized carbons (Fsp3) is 0.267. The molecule has 1 amide bonds. The summed E-state index contributed by atoms with van der Waals surface area (Å²) in [5, 5.41) is 1.77. The van der Waals surface area contributed by atoms with Crippen LogP contribution in [0.4, 0.5) is 5.69 Å². The summed E-state index contributed by atoms with van der Waals surface area (Å²) < 4.78 is 25.9. The molecule has 0 bridgehead atoms. The lowest BCUT2D eigenvalue weighted by molar-refractivity contribution is -0.135. The number of fused-ring (bicyclic) bond motifs is 1. The van der Waals surface area contributed by atoms with Gasteiger partial charge in [-0.2, -0.15) is 0 Å². The highest BCUT2D eigenvalue weighted by molar-refractivity contribution is 7.89. The number of β-lactam (4-membered cyclic amide) rings is 1. The zero-order chi connectivity index (χ0) is 16.1. The van der Waals surface area contributed by atoms with Crippen LogP contribution < -0.4 is 10.6 Å². The standard InChI is InChI=1S/C15H17N3O3S/c1-17(2)14-5-3-4-10-6-7-11(8-12(10)14)22(20,21)18-9-13(16)15(18)19/h3-8,13H,9,16H2,1-2H3/t13-/m1/s1. The van der Waals surface area contributed by atoms with Crippen LogP contribution >= 0.6 is 0 Å². The van der Waals surface area contributed by atoms with E-state index in [1.54, 1.807) is 12.1 Å². The molecule has 2 N–H and O–H groups in total. The van der Waals surface area contributed by atoms with E-state index >= 15 is 0 Å². The maximum Gasteiger partial charge on any atom is 0.266 e. The molecule has 0 saturated carbocycles. The summed E-state index contributed by atoms with van der Waals surface area (Å²) in [7, 11) is -0.0395. The Morgan fingerprint density at radius 1 is 1.23 bits per heavy atom. The molecule has 0 unspecified atom stereocenters. The van der Waals surface area contributed by atoms with Crippen LogP contribution in [-0.2, 0) is 14.8 Å². The predicted molar refractivity (Wildman–Crippen MR) is 85.1 cm³/mol. The molecule has 0 aromatic heterocycles. The molecule has 116 valence electrons. The van der Waals surface area contributed by atoms with E-state index in [1.807, 2.05) is 37.2 Å². The van der Waals surface area contributed by atoms with Crippen molar-refractivity contribution < 1.29 is 13.2 Å². The fourth-order valence-electron chi connectivity index (χ4n) is 2.55. The Kier molecular flexibility index (Phi) is 3.34. The Bertz CT molecular complexity index is 861. The van der Waals surface area contributed by atoms with Crippen molar-refractivity contribution in [2.75, 3.05) is 25.5 Å². The van der Waals surface area contributed by atoms with Crippen molar-refractivity contribution >= 4 is 32.4 Å². The number of amides is 1. The Hall–Kier alpha value is -2.12. The van der Waals surface area contributed by atoms with Crippen LogP contribution in [0.15, 0.2) is 41.3 Å². The Labute approximate surface area is 129 Å². The molecule has 22 heavy (non-hydrogen) atoms. The Balaban J connectivity index is 2.13. The van der Waals surface area contributed by atoms with Gasteiger partial charge in [-0.15, -0.1) is 0 Å². The highest BCUT2D eigenvalue weighted by Gasteiger charge is 2.42. The number of rotatable bonds is 3. The van der Waals surface area contributed by atoms with Crippen molar-refractivity contribution in [1.82, 2.24) is 4.31 Å². The first-order valence-electron chi connectivity index (χ1n) is 6.84. The van der Waals surface area contributed by atoms with Gasteiger partial charge in [0.25, 0.3) is 15.9 Å². The van der Waals surface area contributed by atoms with Gasteiger partial charge in [0, 0.05) is 25.2 Å². The largest absolute Gasteiger partial charge is 0.377 e. The lowest BCUT2D eigenvalue weighted by Crippen LogP contribution is -2.62. The molecule has 6 nitrogen and oxygen atoms in total. The number of carbonyl (C=O) groups excluding carboxylic acids is 1. The second-order valence-electron chi connectivity index (χ2n) is 5.54. The number of sulfonamides is 1. The molecule has 3 rings (SSSR count). The summed E-state index contributed by atoms with van der Waals surface area (Å²) in [5.41, 5.74) is 6.40. The monoisotopic (exact) mass is 319 g/mol. The lowest BCUT2D eigenvalue weighted by Gasteiger charge is -2.34. The second kappa shape index (κ2) is 4.96. The lowest BCUT2D eigenvalue weighted by atomic mass is 10.1. The highest BCUT2D eigenvalue weighted by atomic mass is 32.2. The second-order valence-corrected chi connectivity index (χ2v) is 7.40. The summed E-state index contributed by atoms with van der Waals surface area (Å²) in [4.78, 5) is 13.7. The first kappa shape index (κ1) is 14.8. The fourth-order valence-corrected chi connectivity index (χ4v) is 4.04. The van der Waals surface area contributed by atoms with E-state index in [9.17, 15) is 13.2 Å². The Morgan fingerprint density at radius 3 is 2.55 bits per heavy atom. The minimum absolute atomic E-state index is 0.0362. The SMILES string of the molecule is CN(C)c1cccc2ccc(S(=O)(=O)N3C[C@@H](N)C3=O)cc12. The third-order valence-corrected chi connectivity index (χ3v) is 5.58. The van der Waals surface area contributed by atoms with Crippen molar-refractivity contribution in [1.29, 1.82) is 0 Å². The smallest absolute Gasteiger partial charge is 0.266 e. The highest BCUT2D eigenvalue weighted by Crippen LogP contribution is 2.30. The maximum atomic E-state index is 12.5. The van der Waals surface area contributed by atoms with Crippen molar-refractivity contribution in [2.45, 2.75) is 10.9 Å². The van der Waals surface area contributed by atoms with E-state index in [-0.39, 0.29) is 11.4 Å². The van der Waals surface area contributed by atoms with Gasteiger partial charge in [0.2, 0.25) is 0 Å². The predicted octanol–water partition coefficient (Wildman–Crippen LogP) is 0.764. The van der Waals surface area contributed by atoms with Crippen LogP contribution in [-0.4, -0.2) is 45.3 Å². The van der Waals surface area contributed by atoms with E-state index in [0.717, 1.165) is 20.8 Å². The number of hydrogen-bond donors (Lipinski definition) is 1. The van der Waals surface area contributed by atoms with E-state index in [1.165, 1.54) is 6.07 Å². The van der Waals surface area contributed by atoms with Crippen LogP contribution in [0.3, 0.4) is 0 Å². The molecular formula is C15H17N3O3S. The molecule has 2 aromatic carbocycles. The molecule has 0 radical (unpaired) electrons. The average Bonchev–Trinajstić information content (AvgIpc) is 2.50. The van der Waals surface area contributed by atoms with Gasteiger partial charge < -0.3 is 10.6 Å². The summed E-state index contributed by atoms with van der Waals surface area (Å²) in [6, 6.07) is 9.93. The van der Waals surface area contributed by atoms with Crippen LogP contribution in [0, 0.1) is 0 Å². The zero-order valence-electron chi connectivity index (χ0n) is 12.4. The first-order chi connectivity index (χ1) is 10.3. The van der Waals surface area contributed by atoms with Crippen LogP contribution in [0.5, 0.6) is 0 Å². The summed E-state index contributed by atoms with van der Waals surface area (Å²) >= 11 is 0. The van der Waals surface area contributed by atoms with Crippen LogP contribution in [0.2, 0.25) is 0 Å². The molecule has 1 heterocycles. The van der Waals surface area contributed by atoms with Gasteiger partial charge in [-0.1, -0.05) is 18.2 Å². The molecule has 1 atom stereocenters. The number of nitrogens with two attached hydrogens (primary N) is 1. The van der Waals surface area contributed by atoms with Crippen LogP contribution in [0.25, 0.3) is 10.8 Å². The number of benzene rings is 2. The van der Waals surface area contributed by atoms with Crippen molar-refractivity contribution in [2.24, 2.45) is 5.73 Å². The summed E-state index contributed by atoms with van der Waals surface area (Å²) in [5.74, 6) is -0.555. The molecule has 1 aliphatic rings. The number of carbonyl (C=O) groups is 1. The molecule has 0 spiro atoms. The van der Waals surface area contributed by atoms with Gasteiger partial charge in [-0.3, -0.25) is 4.79 Å². The van der Waals surface area contributed by atoms with E-state index in [4.69, 9.17) is 5.73 Å². The maximum absolute atomic E-state index is 12.5. The average molecular weight is 319 g/mol. The molecular weight excluding hydrogens is 302 g/mol. The topological polar surface area (TPSA) is 83.7 Å². The normalized spacial score (nSPS) is 18.4. The summed E-state index contributed by atoms with van der Waals surface area (Å²) in [6.45, 7) is 0.0362. The van der Waals surface area contributed by atoms with Gasteiger partial charge in [0.05, 0.1) is 11.4 Å². The van der Waals surface area contributed by atoms with Gasteiger partial charge in [0.1, 0.15) is 6.04 Å². The molecule has 2 aromatic rings. The molecule has 1 aliphatic heterocycles. The molecule has 1 saturated heterocycles. The van der Waals surface area contributed by atoms with E-state index < -0.39 is 22.0 Å². The van der Waals surface area contributed by atoms with Crippen LogP contribution in [0.1, 0.15) is 0 Å². The van der Waals surface area contributed by atoms with E-state index in [2.05, 4.69) is 0 Å². The Morgan fingerprint density at radius 2 is 1.95 bits per heavy atom. The zero-order valence-corrected chi connectivity index (χ0v) is 13.2. The van der Waals surface area contributed by atoms with Crippen molar-refractivity contribution in [3.05, 3.63) is 36.4 Å². The summed E-state index contributed by atoms with van der Waals surface area (Å²) in [6.07, 6.45) is 0. The van der Waals surface area contributed by atoms with Gasteiger partial charge in [-0.25, -0.2) is 12.7 Å². The first-order valence-corrected chi connectivity index (χ1v) is 8.28. The molecule has 7 heteroatoms. The van der Waals surface area contributed by atoms with Crippen molar-refractivity contribution in [3.8, 4) is 0 Å². The minimum atomic E-state index is -3.83. The van der Waals surface area contributed by atoms with Gasteiger partial charge >= 0.3 is 0 Å². The number of anilines is 1. The number of hydrogen-bond acceptors (Lipinski definition) is 5. The van der Waals surface area contributed by atoms with Crippen molar-refractivity contribution in [3.63, 3.8) is 0 Å². The minimum Gasteiger partial charge on any atom is -0.377 e. The quantitative estimate of drug-likeness (QED) is 0.845. The van der Waals surface area contributed by atoms with Gasteiger partial charge in [-0.05, 0) is 23.6 Å². The third-order valence-electron chi connectivity index (χ3n) is 3.83.